The van der Waals surface area contributed by atoms with Crippen molar-refractivity contribution in [2.75, 3.05) is 5.75 Å². The zero-order valence-electron chi connectivity index (χ0n) is 15.2. The van der Waals surface area contributed by atoms with Gasteiger partial charge in [-0.1, -0.05) is 65.9 Å². The van der Waals surface area contributed by atoms with Crippen LogP contribution in [0.3, 0.4) is 0 Å². The monoisotopic (exact) mass is 366 g/mol. The van der Waals surface area contributed by atoms with Crippen LogP contribution in [0.15, 0.2) is 53.7 Å². The molecule has 0 bridgehead atoms. The van der Waals surface area contributed by atoms with Crippen molar-refractivity contribution >= 4 is 17.7 Å². The zero-order valence-corrected chi connectivity index (χ0v) is 16.0. The Balaban J connectivity index is 1.57. The highest BCUT2D eigenvalue weighted by Gasteiger charge is 2.13. The molecule has 0 saturated heterocycles. The molecule has 1 amide bonds. The van der Waals surface area contributed by atoms with Crippen molar-refractivity contribution in [3.8, 4) is 11.4 Å². The second kappa shape index (κ2) is 8.19. The second-order valence-corrected chi connectivity index (χ2v) is 7.17. The van der Waals surface area contributed by atoms with Crippen molar-refractivity contribution in [1.29, 1.82) is 0 Å². The van der Waals surface area contributed by atoms with Gasteiger partial charge < -0.3 is 9.88 Å². The number of carbonyl (C=O) groups excluding carboxylic acids is 1. The van der Waals surface area contributed by atoms with Gasteiger partial charge >= 0.3 is 0 Å². The van der Waals surface area contributed by atoms with E-state index in [1.54, 1.807) is 0 Å². The molecule has 3 rings (SSSR count). The SMILES string of the molecule is Cc1ccc(-c2nnc(SCC(=O)NCc3ccccc3C)n2C)cc1. The van der Waals surface area contributed by atoms with E-state index in [4.69, 9.17) is 0 Å². The van der Waals surface area contributed by atoms with Crippen LogP contribution in [0.4, 0.5) is 0 Å². The minimum Gasteiger partial charge on any atom is -0.351 e. The van der Waals surface area contributed by atoms with Gasteiger partial charge in [0.05, 0.1) is 5.75 Å². The summed E-state index contributed by atoms with van der Waals surface area (Å²) in [4.78, 5) is 12.1. The first kappa shape index (κ1) is 18.2. The number of aromatic nitrogens is 3. The maximum atomic E-state index is 12.1. The molecule has 0 spiro atoms. The van der Waals surface area contributed by atoms with E-state index in [0.717, 1.165) is 22.1 Å². The van der Waals surface area contributed by atoms with Crippen LogP contribution in [0.2, 0.25) is 0 Å². The Morgan fingerprint density at radius 2 is 1.81 bits per heavy atom. The quantitative estimate of drug-likeness (QED) is 0.678. The first-order chi connectivity index (χ1) is 12.5. The van der Waals surface area contributed by atoms with Crippen LogP contribution in [-0.4, -0.2) is 26.4 Å². The maximum Gasteiger partial charge on any atom is 0.230 e. The summed E-state index contributed by atoms with van der Waals surface area (Å²) in [5.74, 6) is 1.09. The van der Waals surface area contributed by atoms with Crippen molar-refractivity contribution in [3.05, 3.63) is 65.2 Å². The van der Waals surface area contributed by atoms with Gasteiger partial charge in [0, 0.05) is 19.2 Å². The van der Waals surface area contributed by atoms with E-state index in [2.05, 4.69) is 34.6 Å². The number of nitrogens with one attached hydrogen (secondary N) is 1. The Bertz CT molecular complexity index is 902. The summed E-state index contributed by atoms with van der Waals surface area (Å²) in [7, 11) is 1.92. The molecular weight excluding hydrogens is 344 g/mol. The summed E-state index contributed by atoms with van der Waals surface area (Å²) < 4.78 is 1.92. The molecule has 0 unspecified atom stereocenters. The van der Waals surface area contributed by atoms with Gasteiger partial charge in [-0.25, -0.2) is 0 Å². The van der Waals surface area contributed by atoms with E-state index in [-0.39, 0.29) is 5.91 Å². The third kappa shape index (κ3) is 4.32. The van der Waals surface area contributed by atoms with Gasteiger partial charge in [-0.3, -0.25) is 4.79 Å². The smallest absolute Gasteiger partial charge is 0.230 e. The normalized spacial score (nSPS) is 10.7. The Morgan fingerprint density at radius 1 is 1.08 bits per heavy atom. The van der Waals surface area contributed by atoms with Crippen molar-refractivity contribution in [1.82, 2.24) is 20.1 Å². The molecule has 6 heteroatoms. The van der Waals surface area contributed by atoms with E-state index in [9.17, 15) is 4.79 Å². The molecule has 0 radical (unpaired) electrons. The lowest BCUT2D eigenvalue weighted by atomic mass is 10.1. The first-order valence-electron chi connectivity index (χ1n) is 8.45. The molecule has 5 nitrogen and oxygen atoms in total. The third-order valence-electron chi connectivity index (χ3n) is 4.21. The molecule has 0 aliphatic rings. The van der Waals surface area contributed by atoms with Gasteiger partial charge in [0.25, 0.3) is 0 Å². The summed E-state index contributed by atoms with van der Waals surface area (Å²) in [6, 6.07) is 16.2. The van der Waals surface area contributed by atoms with Crippen LogP contribution in [0, 0.1) is 13.8 Å². The number of hydrogen-bond donors (Lipinski definition) is 1. The van der Waals surface area contributed by atoms with Crippen molar-refractivity contribution in [2.45, 2.75) is 25.5 Å². The molecule has 1 heterocycles. The minimum absolute atomic E-state index is 0.0156. The van der Waals surface area contributed by atoms with Crippen molar-refractivity contribution in [2.24, 2.45) is 7.05 Å². The molecule has 3 aromatic rings. The Hall–Kier alpha value is -2.60. The first-order valence-corrected chi connectivity index (χ1v) is 9.43. The summed E-state index contributed by atoms with van der Waals surface area (Å²) >= 11 is 1.39. The molecule has 1 N–H and O–H groups in total. The van der Waals surface area contributed by atoms with Gasteiger partial charge in [-0.15, -0.1) is 10.2 Å². The fraction of sp³-hybridized carbons (Fsp3) is 0.250. The molecule has 1 aromatic heterocycles. The number of carbonyl (C=O) groups is 1. The molecule has 26 heavy (non-hydrogen) atoms. The summed E-state index contributed by atoms with van der Waals surface area (Å²) in [5.41, 5.74) is 4.53. The van der Waals surface area contributed by atoms with Crippen LogP contribution in [-0.2, 0) is 18.4 Å². The zero-order chi connectivity index (χ0) is 18.5. The van der Waals surface area contributed by atoms with Crippen LogP contribution >= 0.6 is 11.8 Å². The number of nitrogens with zero attached hydrogens (tertiary/aromatic N) is 3. The number of rotatable bonds is 6. The number of benzene rings is 2. The highest BCUT2D eigenvalue weighted by molar-refractivity contribution is 7.99. The van der Waals surface area contributed by atoms with Gasteiger partial charge in [-0.05, 0) is 25.0 Å². The molecule has 134 valence electrons. The van der Waals surface area contributed by atoms with E-state index in [1.807, 2.05) is 54.9 Å². The fourth-order valence-corrected chi connectivity index (χ4v) is 3.32. The lowest BCUT2D eigenvalue weighted by Crippen LogP contribution is -2.25. The van der Waals surface area contributed by atoms with Crippen LogP contribution in [0.25, 0.3) is 11.4 Å². The fourth-order valence-electron chi connectivity index (χ4n) is 2.58. The summed E-state index contributed by atoms with van der Waals surface area (Å²) in [6.45, 7) is 4.64. The predicted octanol–water partition coefficient (Wildman–Crippen LogP) is 3.51. The largest absolute Gasteiger partial charge is 0.351 e. The average molecular weight is 366 g/mol. The van der Waals surface area contributed by atoms with E-state index in [0.29, 0.717) is 12.3 Å². The molecular formula is C20H22N4OS. The van der Waals surface area contributed by atoms with E-state index >= 15 is 0 Å². The predicted molar refractivity (Wildman–Crippen MR) is 105 cm³/mol. The molecule has 0 atom stereocenters. The van der Waals surface area contributed by atoms with Crippen molar-refractivity contribution < 1.29 is 4.79 Å². The van der Waals surface area contributed by atoms with Gasteiger partial charge in [0.15, 0.2) is 11.0 Å². The molecule has 2 aromatic carbocycles. The van der Waals surface area contributed by atoms with Crippen LogP contribution in [0.1, 0.15) is 16.7 Å². The maximum absolute atomic E-state index is 12.1. The summed E-state index contributed by atoms with van der Waals surface area (Å²) in [5, 5.41) is 12.2. The Morgan fingerprint density at radius 3 is 2.54 bits per heavy atom. The second-order valence-electron chi connectivity index (χ2n) is 6.22. The number of hydrogen-bond acceptors (Lipinski definition) is 4. The van der Waals surface area contributed by atoms with Gasteiger partial charge in [0.1, 0.15) is 0 Å². The number of thioether (sulfide) groups is 1. The van der Waals surface area contributed by atoms with Crippen LogP contribution in [0.5, 0.6) is 0 Å². The lowest BCUT2D eigenvalue weighted by molar-refractivity contribution is -0.118. The lowest BCUT2D eigenvalue weighted by Gasteiger charge is -2.08. The minimum atomic E-state index is -0.0156. The van der Waals surface area contributed by atoms with E-state index in [1.165, 1.54) is 22.9 Å². The van der Waals surface area contributed by atoms with E-state index < -0.39 is 0 Å². The standard InChI is InChI=1S/C20H22N4OS/c1-14-8-10-16(11-9-14)19-22-23-20(24(19)3)26-13-18(25)21-12-17-7-5-4-6-15(17)2/h4-11H,12-13H2,1-3H3,(H,21,25). The highest BCUT2D eigenvalue weighted by Crippen LogP contribution is 2.22. The number of amides is 1. The van der Waals surface area contributed by atoms with Crippen molar-refractivity contribution in [3.63, 3.8) is 0 Å². The topological polar surface area (TPSA) is 59.8 Å². The molecule has 0 aliphatic heterocycles. The highest BCUT2D eigenvalue weighted by atomic mass is 32.2. The average Bonchev–Trinajstić information content (AvgIpc) is 3.00. The Kier molecular flexibility index (Phi) is 5.73. The summed E-state index contributed by atoms with van der Waals surface area (Å²) in [6.07, 6.45) is 0. The van der Waals surface area contributed by atoms with Gasteiger partial charge in [0.2, 0.25) is 5.91 Å². The van der Waals surface area contributed by atoms with Gasteiger partial charge in [-0.2, -0.15) is 0 Å². The molecule has 0 saturated carbocycles. The molecule has 0 fully saturated rings. The number of aryl methyl sites for hydroxylation is 2. The Labute approximate surface area is 157 Å². The third-order valence-corrected chi connectivity index (χ3v) is 5.23. The molecule has 0 aliphatic carbocycles. The van der Waals surface area contributed by atoms with Crippen LogP contribution < -0.4 is 5.32 Å².